The van der Waals surface area contributed by atoms with E-state index in [1.54, 1.807) is 0 Å². The molecule has 1 aliphatic carbocycles. The van der Waals surface area contributed by atoms with Crippen LogP contribution >= 0.6 is 0 Å². The number of para-hydroxylation sites is 1. The molecule has 0 bridgehead atoms. The Labute approximate surface area is 166 Å². The zero-order valence-corrected chi connectivity index (χ0v) is 16.2. The van der Waals surface area contributed by atoms with Gasteiger partial charge in [-0.2, -0.15) is 0 Å². The lowest BCUT2D eigenvalue weighted by Gasteiger charge is -2.35. The fourth-order valence-corrected chi connectivity index (χ4v) is 4.04. The highest BCUT2D eigenvalue weighted by atomic mass is 16.5. The number of amides is 1. The fraction of sp³-hybridized carbons (Fsp3) is 0.478. The highest BCUT2D eigenvalue weighted by molar-refractivity contribution is 5.80. The van der Waals surface area contributed by atoms with Crippen LogP contribution in [-0.4, -0.2) is 54.2 Å². The number of rotatable bonds is 3. The van der Waals surface area contributed by atoms with Gasteiger partial charge in [-0.3, -0.25) is 14.7 Å². The standard InChI is InChI=1S/C23H27N3O2/c27-22(18-26-12-14-28-15-13-26)25-23(9-4-1-5-10-23)11-8-19-16-20-6-2-3-7-21(20)24-17-19/h2-3,6-7,16-17H,1,4-5,9-10,12-15,18H2,(H,25,27). The molecule has 2 aromatic rings. The van der Waals surface area contributed by atoms with Crippen LogP contribution in [0.2, 0.25) is 0 Å². The van der Waals surface area contributed by atoms with E-state index in [2.05, 4.69) is 33.1 Å². The van der Waals surface area contributed by atoms with Crippen molar-refractivity contribution in [2.24, 2.45) is 0 Å². The molecule has 2 heterocycles. The van der Waals surface area contributed by atoms with Crippen molar-refractivity contribution in [3.63, 3.8) is 0 Å². The molecule has 5 nitrogen and oxygen atoms in total. The number of pyridine rings is 1. The predicted octanol–water partition coefficient (Wildman–Crippen LogP) is 2.74. The number of nitrogens with one attached hydrogen (secondary N) is 1. The minimum absolute atomic E-state index is 0.0646. The third-order valence-corrected chi connectivity index (χ3v) is 5.59. The number of nitrogens with zero attached hydrogens (tertiary/aromatic N) is 2. The average Bonchev–Trinajstić information content (AvgIpc) is 2.73. The van der Waals surface area contributed by atoms with Gasteiger partial charge in [-0.25, -0.2) is 0 Å². The second-order valence-electron chi connectivity index (χ2n) is 7.75. The van der Waals surface area contributed by atoms with Gasteiger partial charge in [0.15, 0.2) is 0 Å². The summed E-state index contributed by atoms with van der Waals surface area (Å²) in [5.74, 6) is 6.78. The molecule has 4 rings (SSSR count). The minimum atomic E-state index is -0.423. The summed E-state index contributed by atoms with van der Waals surface area (Å²) in [4.78, 5) is 19.3. The number of aromatic nitrogens is 1. The molecule has 2 aliphatic rings. The quantitative estimate of drug-likeness (QED) is 0.836. The Hall–Kier alpha value is -2.42. The molecule has 1 aromatic heterocycles. The molecule has 1 saturated heterocycles. The van der Waals surface area contributed by atoms with Crippen LogP contribution in [0.4, 0.5) is 0 Å². The maximum Gasteiger partial charge on any atom is 0.235 e. The molecule has 0 spiro atoms. The van der Waals surface area contributed by atoms with E-state index in [1.165, 1.54) is 6.42 Å². The Bertz CT molecular complexity index is 887. The summed E-state index contributed by atoms with van der Waals surface area (Å²) < 4.78 is 5.37. The van der Waals surface area contributed by atoms with Gasteiger partial charge < -0.3 is 10.1 Å². The highest BCUT2D eigenvalue weighted by Crippen LogP contribution is 2.28. The molecule has 1 N–H and O–H groups in total. The van der Waals surface area contributed by atoms with Crippen LogP contribution in [0.25, 0.3) is 10.9 Å². The summed E-state index contributed by atoms with van der Waals surface area (Å²) in [6.07, 6.45) is 7.05. The molecule has 1 aromatic carbocycles. The lowest BCUT2D eigenvalue weighted by Crippen LogP contribution is -2.52. The smallest absolute Gasteiger partial charge is 0.235 e. The van der Waals surface area contributed by atoms with Crippen molar-refractivity contribution in [1.82, 2.24) is 15.2 Å². The van der Waals surface area contributed by atoms with E-state index in [9.17, 15) is 4.79 Å². The van der Waals surface area contributed by atoms with Crippen molar-refractivity contribution in [1.29, 1.82) is 0 Å². The Morgan fingerprint density at radius 1 is 1.18 bits per heavy atom. The molecule has 1 amide bonds. The van der Waals surface area contributed by atoms with Crippen LogP contribution in [0.5, 0.6) is 0 Å². The van der Waals surface area contributed by atoms with E-state index in [0.717, 1.165) is 55.2 Å². The van der Waals surface area contributed by atoms with Gasteiger partial charge in [-0.15, -0.1) is 0 Å². The van der Waals surface area contributed by atoms with Gasteiger partial charge in [0.05, 0.1) is 25.3 Å². The SMILES string of the molecule is O=C(CN1CCOCC1)NC1(C#Cc2cnc3ccccc3c2)CCCCC1. The number of fused-ring (bicyclic) bond motifs is 1. The van der Waals surface area contributed by atoms with E-state index in [4.69, 9.17) is 4.74 Å². The van der Waals surface area contributed by atoms with Crippen molar-refractivity contribution in [2.75, 3.05) is 32.8 Å². The van der Waals surface area contributed by atoms with E-state index in [0.29, 0.717) is 19.8 Å². The molecular weight excluding hydrogens is 350 g/mol. The van der Waals surface area contributed by atoms with Crippen LogP contribution in [0.1, 0.15) is 37.7 Å². The highest BCUT2D eigenvalue weighted by Gasteiger charge is 2.32. The molecule has 146 valence electrons. The Balaban J connectivity index is 1.50. The van der Waals surface area contributed by atoms with Crippen LogP contribution in [0, 0.1) is 11.8 Å². The van der Waals surface area contributed by atoms with Crippen LogP contribution in [0.3, 0.4) is 0 Å². The predicted molar refractivity (Wildman–Crippen MR) is 110 cm³/mol. The van der Waals surface area contributed by atoms with Gasteiger partial charge in [0, 0.05) is 30.2 Å². The molecule has 0 atom stereocenters. The first kappa shape index (κ1) is 18.9. The summed E-state index contributed by atoms with van der Waals surface area (Å²) in [5.41, 5.74) is 1.44. The summed E-state index contributed by atoms with van der Waals surface area (Å²) in [6, 6.07) is 10.1. The third kappa shape index (κ3) is 4.70. The molecule has 5 heteroatoms. The molecule has 28 heavy (non-hydrogen) atoms. The number of ether oxygens (including phenoxy) is 1. The molecular formula is C23H27N3O2. The first-order valence-corrected chi connectivity index (χ1v) is 10.2. The fourth-order valence-electron chi connectivity index (χ4n) is 4.04. The van der Waals surface area contributed by atoms with Crippen molar-refractivity contribution >= 4 is 16.8 Å². The lowest BCUT2D eigenvalue weighted by atomic mass is 9.82. The molecule has 2 fully saturated rings. The summed E-state index contributed by atoms with van der Waals surface area (Å²) in [7, 11) is 0. The van der Waals surface area contributed by atoms with E-state index in [-0.39, 0.29) is 5.91 Å². The number of benzene rings is 1. The van der Waals surface area contributed by atoms with Crippen molar-refractivity contribution in [3.05, 3.63) is 42.1 Å². The van der Waals surface area contributed by atoms with Gasteiger partial charge in [0.1, 0.15) is 5.54 Å². The third-order valence-electron chi connectivity index (χ3n) is 5.59. The molecule has 1 saturated carbocycles. The minimum Gasteiger partial charge on any atom is -0.379 e. The van der Waals surface area contributed by atoms with Crippen molar-refractivity contribution in [3.8, 4) is 11.8 Å². The normalized spacial score (nSPS) is 19.6. The molecule has 1 aliphatic heterocycles. The van der Waals surface area contributed by atoms with E-state index in [1.807, 2.05) is 30.5 Å². The largest absolute Gasteiger partial charge is 0.379 e. The number of morpholine rings is 1. The molecule has 0 radical (unpaired) electrons. The molecule has 0 unspecified atom stereocenters. The Kier molecular flexibility index (Phi) is 5.90. The van der Waals surface area contributed by atoms with Crippen LogP contribution in [0.15, 0.2) is 36.5 Å². The summed E-state index contributed by atoms with van der Waals surface area (Å²) in [6.45, 7) is 3.45. The maximum absolute atomic E-state index is 12.7. The Morgan fingerprint density at radius 2 is 1.96 bits per heavy atom. The lowest BCUT2D eigenvalue weighted by molar-refractivity contribution is -0.124. The van der Waals surface area contributed by atoms with Crippen LogP contribution < -0.4 is 5.32 Å². The number of hydrogen-bond donors (Lipinski definition) is 1. The van der Waals surface area contributed by atoms with Gasteiger partial charge in [0.25, 0.3) is 0 Å². The Morgan fingerprint density at radius 3 is 2.79 bits per heavy atom. The zero-order valence-electron chi connectivity index (χ0n) is 16.2. The van der Waals surface area contributed by atoms with E-state index >= 15 is 0 Å². The number of hydrogen-bond acceptors (Lipinski definition) is 4. The zero-order chi connectivity index (χ0) is 19.2. The second-order valence-corrected chi connectivity index (χ2v) is 7.75. The maximum atomic E-state index is 12.7. The van der Waals surface area contributed by atoms with Gasteiger partial charge >= 0.3 is 0 Å². The number of carbonyl (C=O) groups is 1. The first-order valence-electron chi connectivity index (χ1n) is 10.2. The van der Waals surface area contributed by atoms with Crippen molar-refractivity contribution < 1.29 is 9.53 Å². The second kappa shape index (κ2) is 8.72. The van der Waals surface area contributed by atoms with E-state index < -0.39 is 5.54 Å². The van der Waals surface area contributed by atoms with Gasteiger partial charge in [0.2, 0.25) is 5.91 Å². The van der Waals surface area contributed by atoms with Gasteiger partial charge in [-0.1, -0.05) is 49.3 Å². The van der Waals surface area contributed by atoms with Crippen LogP contribution in [-0.2, 0) is 9.53 Å². The topological polar surface area (TPSA) is 54.5 Å². The average molecular weight is 377 g/mol. The summed E-state index contributed by atoms with van der Waals surface area (Å²) >= 11 is 0. The van der Waals surface area contributed by atoms with Crippen molar-refractivity contribution in [2.45, 2.75) is 37.6 Å². The summed E-state index contributed by atoms with van der Waals surface area (Å²) in [5, 5.41) is 4.36. The monoisotopic (exact) mass is 377 g/mol. The van der Waals surface area contributed by atoms with Gasteiger partial charge in [-0.05, 0) is 25.0 Å². The first-order chi connectivity index (χ1) is 13.7. The number of carbonyl (C=O) groups excluding carboxylic acids is 1.